The number of rotatable bonds is 42. The number of carbonyl (C=O) groups is 14. The van der Waals surface area contributed by atoms with Crippen LogP contribution < -0.4 is 48.8 Å². The first-order valence-corrected chi connectivity index (χ1v) is 46.8. The molecule has 1 fully saturated rings. The Morgan fingerprint density at radius 1 is 0.492 bits per heavy atom. The topological polar surface area (TPSA) is 536 Å². The first-order chi connectivity index (χ1) is 61.4. The number of carboxylic acid groups (broad SMARTS) is 3. The van der Waals surface area contributed by atoms with Crippen LogP contribution in [0.2, 0.25) is 0 Å². The summed E-state index contributed by atoms with van der Waals surface area (Å²) in [5, 5.41) is 46.8. The fourth-order valence-corrected chi connectivity index (χ4v) is 19.7. The Kier molecular flexibility index (Phi) is 34.6. The summed E-state index contributed by atoms with van der Waals surface area (Å²) in [6.45, 7) is 5.17. The van der Waals surface area contributed by atoms with Gasteiger partial charge in [0.15, 0.2) is 0 Å². The molecule has 688 valence electrons. The number of carboxylic acids is 3. The van der Waals surface area contributed by atoms with E-state index in [-0.39, 0.29) is 228 Å². The van der Waals surface area contributed by atoms with Crippen LogP contribution in [0.4, 0.5) is 9.59 Å². The lowest BCUT2D eigenvalue weighted by atomic mass is 9.85. The summed E-state index contributed by atoms with van der Waals surface area (Å²) in [4.78, 5) is 228. The number of primary amides is 1. The molecule has 5 aliphatic rings. The molecule has 0 spiro atoms. The number of nitrogens with two attached hydrogens (primary N) is 1. The molecule has 11 N–H and O–H groups in total. The minimum atomic E-state index is -2.06. The third-order valence-corrected chi connectivity index (χ3v) is 27.0. The largest absolute Gasteiger partial charge is 0.509 e. The molecule has 2 aromatic carbocycles. The van der Waals surface area contributed by atoms with Crippen molar-refractivity contribution in [2.45, 2.75) is 141 Å². The van der Waals surface area contributed by atoms with Gasteiger partial charge in [-0.05, 0) is 87.8 Å². The van der Waals surface area contributed by atoms with Crippen molar-refractivity contribution < 1.29 is 111 Å². The van der Waals surface area contributed by atoms with Gasteiger partial charge in [-0.25, -0.2) is 29.1 Å². The Morgan fingerprint density at radius 3 is 1.30 bits per heavy atom. The van der Waals surface area contributed by atoms with Gasteiger partial charge in [0.1, 0.15) is 50.6 Å². The number of hydrogen-bond acceptors (Lipinski definition) is 32. The van der Waals surface area contributed by atoms with E-state index in [1.807, 2.05) is 60.7 Å². The van der Waals surface area contributed by atoms with Crippen LogP contribution in [0.5, 0.6) is 0 Å². The number of aliphatic carboxylic acids is 3. The summed E-state index contributed by atoms with van der Waals surface area (Å²) in [6.07, 6.45) is -2.05. The third-order valence-electron chi connectivity index (χ3n) is 22.2. The van der Waals surface area contributed by atoms with Crippen molar-refractivity contribution in [2.75, 3.05) is 128 Å². The SMILES string of the molecule is CC[C@]1(OC(=O)OCCSSCC(NC(C)=O)C(=O)N[C@@H](CCCCNC(=O)[C@@H](CSSCCOC(=O)O[C@]2(CC)C(=O)OCc3c2cc2n(c3=O)Cc3cc4ccccc4nc3-2)NC(C)=O)C(=O)N[C@H](CCCCNC(=O)CN2CCN(CC(=O)O)CCN(CC(=O)O)CCN(CC(=O)O)CC2)C(N)=O)C(=O)OCc2c1cc1n(c2=O)Cc2cc3ccccc3nc2-1. The van der Waals surface area contributed by atoms with Crippen molar-refractivity contribution in [3.05, 3.63) is 127 Å². The molecule has 0 saturated carbocycles. The van der Waals surface area contributed by atoms with Crippen molar-refractivity contribution in [3.63, 3.8) is 0 Å². The van der Waals surface area contributed by atoms with Crippen LogP contribution in [0.1, 0.15) is 112 Å². The molecule has 5 aliphatic heterocycles. The van der Waals surface area contributed by atoms with E-state index >= 15 is 0 Å². The number of nitrogens with zero attached hydrogens (tertiary/aromatic N) is 8. The van der Waals surface area contributed by atoms with E-state index in [0.29, 0.717) is 33.8 Å². The van der Waals surface area contributed by atoms with Crippen molar-refractivity contribution in [3.8, 4) is 22.8 Å². The van der Waals surface area contributed by atoms with E-state index in [9.17, 15) is 92.0 Å². The van der Waals surface area contributed by atoms with Gasteiger partial charge in [0.05, 0.1) is 84.2 Å². The van der Waals surface area contributed by atoms with Gasteiger partial charge in [-0.2, -0.15) is 0 Å². The maximum Gasteiger partial charge on any atom is 0.509 e. The Bertz CT molecular complexity index is 5300. The predicted octanol–water partition coefficient (Wildman–Crippen LogP) is 2.77. The molecular formula is C84H103N15O25S4. The number of pyridine rings is 4. The number of fused-ring (bicyclic) bond motifs is 10. The number of aromatic nitrogens is 4. The van der Waals surface area contributed by atoms with Gasteiger partial charge >= 0.3 is 42.2 Å². The molecule has 6 aromatic rings. The molecule has 7 amide bonds. The molecule has 11 rings (SSSR count). The van der Waals surface area contributed by atoms with Crippen molar-refractivity contribution in [1.82, 2.24) is 70.6 Å². The zero-order valence-corrected chi connectivity index (χ0v) is 74.2. The zero-order chi connectivity index (χ0) is 91.9. The molecular weight excluding hydrogens is 1750 g/mol. The number of benzene rings is 2. The van der Waals surface area contributed by atoms with Crippen LogP contribution in [0, 0.1) is 0 Å². The van der Waals surface area contributed by atoms with Crippen LogP contribution >= 0.6 is 43.2 Å². The molecule has 0 radical (unpaired) electrons. The van der Waals surface area contributed by atoms with Crippen molar-refractivity contribution in [1.29, 1.82) is 0 Å². The van der Waals surface area contributed by atoms with E-state index in [1.54, 1.807) is 50.1 Å². The van der Waals surface area contributed by atoms with Gasteiger partial charge in [0.2, 0.25) is 52.6 Å². The molecule has 9 heterocycles. The second-order valence-corrected chi connectivity index (χ2v) is 36.3. The summed E-state index contributed by atoms with van der Waals surface area (Å²) < 4.78 is 36.5. The van der Waals surface area contributed by atoms with Crippen molar-refractivity contribution >= 4 is 148 Å². The van der Waals surface area contributed by atoms with Crippen LogP contribution in [0.15, 0.2) is 82.4 Å². The van der Waals surface area contributed by atoms with Gasteiger partial charge in [-0.3, -0.25) is 77.1 Å². The lowest BCUT2D eigenvalue weighted by Gasteiger charge is -2.35. The molecule has 1 unspecified atom stereocenters. The number of hydrogen-bond donors (Lipinski definition) is 10. The first kappa shape index (κ1) is 97.2. The molecule has 0 aliphatic carbocycles. The van der Waals surface area contributed by atoms with Gasteiger partial charge in [-0.1, -0.05) is 93.4 Å². The summed E-state index contributed by atoms with van der Waals surface area (Å²) in [5.41, 5.74) is 6.46. The Hall–Kier alpha value is -11.4. The number of carbonyl (C=O) groups excluding carboxylic acids is 11. The van der Waals surface area contributed by atoms with Crippen LogP contribution in [-0.4, -0.2) is 290 Å². The fourth-order valence-electron chi connectivity index (χ4n) is 15.7. The highest BCUT2D eigenvalue weighted by atomic mass is 33.1. The highest BCUT2D eigenvalue weighted by Crippen LogP contribution is 2.44. The lowest BCUT2D eigenvalue weighted by molar-refractivity contribution is -0.175. The summed E-state index contributed by atoms with van der Waals surface area (Å²) in [5.74, 6) is -9.77. The molecule has 44 heteroatoms. The molecule has 40 nitrogen and oxygen atoms in total. The second kappa shape index (κ2) is 45.5. The standard InChI is InChI=1S/C84H103N15O25S4/c1-5-83(57-37-65-71-53(35-51-15-7-9-17-59(51)90-71)39-98(65)77(113)55(57)45-121-79(83)115)123-81(117)119-31-33-125-127-47-63(88-49(3)100)74(110)87-22-14-12-20-62(75(111)92-61(73(85)109)19-11-13-21-86-67(102)41-94-23-25-95(42-68(103)104)27-29-97(44-70(107)108)30-28-96(26-24-94)43-69(105)106)93-76(112)64(89-50(4)101)48-128-126-34-32-120-82(118)124-84(6-2)58-38-66-72-54(36-52-16-8-10-18-60(52)91-72)40-99(66)78(114)56(58)46-122-80(84)116/h7-10,15-18,35-38,61-64H,5-6,11-14,19-34,39-48H2,1-4H3,(H2,85,109)(H,86,102)(H,87,110)(H,88,100)(H,89,101)(H,92,111)(H,93,112)(H,103,104)(H,105,106)(H,107,108)/t61-,62+,63-,64?,83+,84-/m1/s1. The van der Waals surface area contributed by atoms with Gasteiger partial charge in [-0.15, -0.1) is 0 Å². The Morgan fingerprint density at radius 2 is 0.883 bits per heavy atom. The normalized spacial score (nSPS) is 17.8. The predicted molar refractivity (Wildman–Crippen MR) is 470 cm³/mol. The monoisotopic (exact) mass is 1850 g/mol. The number of nitrogens with one attached hydrogen (secondary N) is 6. The number of cyclic esters (lactones) is 2. The number of para-hydroxylation sites is 2. The molecule has 0 bridgehead atoms. The lowest BCUT2D eigenvalue weighted by Crippen LogP contribution is -2.56. The van der Waals surface area contributed by atoms with E-state index in [1.165, 1.54) is 40.0 Å². The average molecular weight is 1850 g/mol. The molecule has 1 saturated heterocycles. The Balaban J connectivity index is 0.678. The van der Waals surface area contributed by atoms with Gasteiger partial charge in [0, 0.05) is 135 Å². The summed E-state index contributed by atoms with van der Waals surface area (Å²) in [6, 6.07) is 17.0. The maximum atomic E-state index is 14.5. The maximum absolute atomic E-state index is 14.5. The number of esters is 2. The highest BCUT2D eigenvalue weighted by Gasteiger charge is 2.53. The summed E-state index contributed by atoms with van der Waals surface area (Å²) in [7, 11) is 4.57. The molecule has 128 heavy (non-hydrogen) atoms. The molecule has 6 atom stereocenters. The minimum absolute atomic E-state index is 0.00883. The quantitative estimate of drug-likeness (QED) is 0.0114. The van der Waals surface area contributed by atoms with Crippen molar-refractivity contribution in [2.24, 2.45) is 5.73 Å². The first-order valence-electron chi connectivity index (χ1n) is 41.8. The summed E-state index contributed by atoms with van der Waals surface area (Å²) >= 11 is 0. The fraction of sp³-hybridized carbons (Fsp3) is 0.500. The smallest absolute Gasteiger partial charge is 0.480 e. The second-order valence-electron chi connectivity index (χ2n) is 31.1. The van der Waals surface area contributed by atoms with E-state index in [0.717, 1.165) is 43.5 Å². The van der Waals surface area contributed by atoms with E-state index < -0.39 is 130 Å². The number of amides is 7. The average Bonchev–Trinajstić information content (AvgIpc) is 1.53. The zero-order valence-electron chi connectivity index (χ0n) is 71.0. The highest BCUT2D eigenvalue weighted by molar-refractivity contribution is 8.77. The van der Waals surface area contributed by atoms with Gasteiger partial charge in [0.25, 0.3) is 11.1 Å². The third kappa shape index (κ3) is 25.1. The number of unbranched alkanes of at least 4 members (excludes halogenated alkanes) is 2. The van der Waals surface area contributed by atoms with Crippen LogP contribution in [0.25, 0.3) is 44.6 Å². The minimum Gasteiger partial charge on any atom is -0.480 e. The van der Waals surface area contributed by atoms with Gasteiger partial charge < -0.3 is 90.5 Å². The van der Waals surface area contributed by atoms with Crippen LogP contribution in [-0.2, 0) is 123 Å². The Labute approximate surface area is 749 Å². The van der Waals surface area contributed by atoms with Crippen LogP contribution in [0.3, 0.4) is 0 Å². The van der Waals surface area contributed by atoms with E-state index in [4.69, 9.17) is 44.1 Å². The van der Waals surface area contributed by atoms with E-state index in [2.05, 4.69) is 31.9 Å². The number of ether oxygens (including phenoxy) is 6. The molecule has 4 aromatic heterocycles.